The summed E-state index contributed by atoms with van der Waals surface area (Å²) >= 11 is 0. The lowest BCUT2D eigenvalue weighted by Gasteiger charge is -2.19. The van der Waals surface area contributed by atoms with Crippen molar-refractivity contribution in [3.63, 3.8) is 0 Å². The van der Waals surface area contributed by atoms with E-state index >= 15 is 0 Å². The lowest BCUT2D eigenvalue weighted by atomic mass is 10.1. The second-order valence-electron chi connectivity index (χ2n) is 7.97. The third-order valence-electron chi connectivity index (χ3n) is 4.44. The molecular formula is C23H23FN2O5. The van der Waals surface area contributed by atoms with Crippen LogP contribution in [0.1, 0.15) is 53.2 Å². The molecular weight excluding hydrogens is 403 g/mol. The van der Waals surface area contributed by atoms with Crippen molar-refractivity contribution >= 4 is 34.4 Å². The van der Waals surface area contributed by atoms with E-state index in [-0.39, 0.29) is 22.7 Å². The summed E-state index contributed by atoms with van der Waals surface area (Å²) in [7, 11) is 1.49. The van der Waals surface area contributed by atoms with Gasteiger partial charge in [0.25, 0.3) is 5.91 Å². The number of hydrogen-bond acceptors (Lipinski definition) is 5. The van der Waals surface area contributed by atoms with Gasteiger partial charge in [-0.3, -0.25) is 14.2 Å². The third-order valence-corrected chi connectivity index (χ3v) is 4.44. The van der Waals surface area contributed by atoms with Crippen LogP contribution in [-0.2, 0) is 4.74 Å². The fraction of sp³-hybridized carbons (Fsp3) is 0.261. The van der Waals surface area contributed by atoms with Crippen molar-refractivity contribution in [1.82, 2.24) is 4.57 Å². The van der Waals surface area contributed by atoms with Crippen LogP contribution in [0.3, 0.4) is 0 Å². The largest absolute Gasteiger partial charge is 0.497 e. The zero-order chi connectivity index (χ0) is 22.9. The van der Waals surface area contributed by atoms with Crippen molar-refractivity contribution in [1.29, 1.82) is 0 Å². The van der Waals surface area contributed by atoms with Crippen LogP contribution in [-0.4, -0.2) is 35.1 Å². The Kier molecular flexibility index (Phi) is 5.83. The number of anilines is 1. The maximum absolute atomic E-state index is 14.4. The number of hydrogen-bond donors (Lipinski definition) is 1. The number of fused-ring (bicyclic) bond motifs is 1. The summed E-state index contributed by atoms with van der Waals surface area (Å²) in [5.41, 5.74) is -0.130. The van der Waals surface area contributed by atoms with Crippen LogP contribution in [0.25, 0.3) is 10.9 Å². The minimum Gasteiger partial charge on any atom is -0.497 e. The highest BCUT2D eigenvalue weighted by Crippen LogP contribution is 2.28. The number of ether oxygens (including phenoxy) is 2. The summed E-state index contributed by atoms with van der Waals surface area (Å²) in [6, 6.07) is 8.54. The first-order valence-electron chi connectivity index (χ1n) is 9.54. The van der Waals surface area contributed by atoms with E-state index < -0.39 is 23.3 Å². The second-order valence-corrected chi connectivity index (χ2v) is 7.97. The van der Waals surface area contributed by atoms with Crippen LogP contribution >= 0.6 is 0 Å². The Morgan fingerprint density at radius 3 is 2.39 bits per heavy atom. The van der Waals surface area contributed by atoms with Gasteiger partial charge in [0.2, 0.25) is 5.91 Å². The molecule has 0 atom stereocenters. The van der Waals surface area contributed by atoms with Gasteiger partial charge < -0.3 is 14.8 Å². The molecule has 162 valence electrons. The minimum atomic E-state index is -0.720. The summed E-state index contributed by atoms with van der Waals surface area (Å²) in [6.07, 6.45) is 1.39. The van der Waals surface area contributed by atoms with Crippen LogP contribution in [0.15, 0.2) is 42.6 Å². The SMILES string of the molecule is COc1ccc2c(c1)c(C(=O)Nc1cc(C(=O)OC(C)(C)C)ccc1F)cn2C(C)=O. The topological polar surface area (TPSA) is 86.6 Å². The Labute approximate surface area is 178 Å². The summed E-state index contributed by atoms with van der Waals surface area (Å²) < 4.78 is 26.2. The minimum absolute atomic E-state index is 0.0967. The van der Waals surface area contributed by atoms with Gasteiger partial charge in [-0.05, 0) is 57.2 Å². The molecule has 31 heavy (non-hydrogen) atoms. The summed E-state index contributed by atoms with van der Waals surface area (Å²) in [5.74, 6) is -1.78. The highest BCUT2D eigenvalue weighted by molar-refractivity contribution is 6.14. The lowest BCUT2D eigenvalue weighted by molar-refractivity contribution is 0.00692. The smallest absolute Gasteiger partial charge is 0.338 e. The monoisotopic (exact) mass is 426 g/mol. The predicted octanol–water partition coefficient (Wildman–Crippen LogP) is 4.66. The molecule has 0 spiro atoms. The molecule has 0 saturated heterocycles. The van der Waals surface area contributed by atoms with E-state index in [1.54, 1.807) is 39.0 Å². The van der Waals surface area contributed by atoms with Crippen molar-refractivity contribution < 1.29 is 28.2 Å². The average molecular weight is 426 g/mol. The summed E-state index contributed by atoms with van der Waals surface area (Å²) in [6.45, 7) is 6.53. The second kappa shape index (κ2) is 8.22. The molecule has 8 heteroatoms. The number of amides is 1. The fourth-order valence-electron chi connectivity index (χ4n) is 3.05. The van der Waals surface area contributed by atoms with Crippen LogP contribution < -0.4 is 10.1 Å². The number of halogens is 1. The molecule has 0 bridgehead atoms. The molecule has 3 aromatic rings. The average Bonchev–Trinajstić information content (AvgIpc) is 3.07. The number of esters is 1. The van der Waals surface area contributed by atoms with E-state index in [0.29, 0.717) is 16.7 Å². The molecule has 7 nitrogen and oxygen atoms in total. The van der Waals surface area contributed by atoms with Gasteiger partial charge in [0, 0.05) is 18.5 Å². The normalized spacial score (nSPS) is 11.3. The zero-order valence-electron chi connectivity index (χ0n) is 17.9. The Bertz CT molecular complexity index is 1190. The number of methoxy groups -OCH3 is 1. The number of nitrogens with one attached hydrogen (secondary N) is 1. The number of carbonyl (C=O) groups excluding carboxylic acids is 3. The van der Waals surface area contributed by atoms with Crippen molar-refractivity contribution in [3.8, 4) is 5.75 Å². The lowest BCUT2D eigenvalue weighted by Crippen LogP contribution is -2.24. The molecule has 0 aliphatic carbocycles. The van der Waals surface area contributed by atoms with Gasteiger partial charge in [0.05, 0.1) is 29.4 Å². The van der Waals surface area contributed by atoms with E-state index in [1.165, 1.54) is 36.9 Å². The maximum atomic E-state index is 14.4. The van der Waals surface area contributed by atoms with Crippen molar-refractivity contribution in [2.24, 2.45) is 0 Å². The van der Waals surface area contributed by atoms with Gasteiger partial charge >= 0.3 is 5.97 Å². The van der Waals surface area contributed by atoms with E-state index in [1.807, 2.05) is 0 Å². The van der Waals surface area contributed by atoms with Gasteiger partial charge in [0.15, 0.2) is 0 Å². The standard InChI is InChI=1S/C23H23FN2O5/c1-13(27)26-12-17(16-11-15(30-5)7-9-20(16)26)21(28)25-19-10-14(6-8-18(19)24)22(29)31-23(2,3)4/h6-12H,1-5H3,(H,25,28). The molecule has 0 saturated carbocycles. The fourth-order valence-corrected chi connectivity index (χ4v) is 3.05. The first-order chi connectivity index (χ1) is 14.5. The van der Waals surface area contributed by atoms with E-state index in [9.17, 15) is 18.8 Å². The molecule has 0 unspecified atom stereocenters. The van der Waals surface area contributed by atoms with Crippen molar-refractivity contribution in [3.05, 3.63) is 59.5 Å². The number of rotatable bonds is 4. The molecule has 2 aromatic carbocycles. The van der Waals surface area contributed by atoms with Gasteiger partial charge in [-0.25, -0.2) is 9.18 Å². The summed E-state index contributed by atoms with van der Waals surface area (Å²) in [4.78, 5) is 37.2. The molecule has 1 heterocycles. The Hall–Kier alpha value is -3.68. The quantitative estimate of drug-likeness (QED) is 0.614. The maximum Gasteiger partial charge on any atom is 0.338 e. The van der Waals surface area contributed by atoms with E-state index in [0.717, 1.165) is 6.07 Å². The first-order valence-corrected chi connectivity index (χ1v) is 9.54. The highest BCUT2D eigenvalue weighted by Gasteiger charge is 2.21. The number of aromatic nitrogens is 1. The van der Waals surface area contributed by atoms with Gasteiger partial charge in [0.1, 0.15) is 17.2 Å². The Morgan fingerprint density at radius 2 is 1.77 bits per heavy atom. The zero-order valence-corrected chi connectivity index (χ0v) is 17.9. The van der Waals surface area contributed by atoms with E-state index in [2.05, 4.69) is 5.32 Å². The summed E-state index contributed by atoms with van der Waals surface area (Å²) in [5, 5.41) is 2.95. The number of nitrogens with zero attached hydrogens (tertiary/aromatic N) is 1. The molecule has 0 aliphatic rings. The molecule has 0 radical (unpaired) electrons. The van der Waals surface area contributed by atoms with Gasteiger partial charge in [-0.2, -0.15) is 0 Å². The van der Waals surface area contributed by atoms with Crippen molar-refractivity contribution in [2.75, 3.05) is 12.4 Å². The number of carbonyl (C=O) groups is 3. The molecule has 0 fully saturated rings. The molecule has 1 aromatic heterocycles. The predicted molar refractivity (Wildman–Crippen MR) is 114 cm³/mol. The molecule has 1 amide bonds. The van der Waals surface area contributed by atoms with Gasteiger partial charge in [-0.15, -0.1) is 0 Å². The van der Waals surface area contributed by atoms with Crippen LogP contribution in [0.5, 0.6) is 5.75 Å². The third kappa shape index (κ3) is 4.74. The number of benzene rings is 2. The Balaban J connectivity index is 1.98. The highest BCUT2D eigenvalue weighted by atomic mass is 19.1. The van der Waals surface area contributed by atoms with Crippen molar-refractivity contribution in [2.45, 2.75) is 33.3 Å². The van der Waals surface area contributed by atoms with Crippen LogP contribution in [0, 0.1) is 5.82 Å². The molecule has 0 aliphatic heterocycles. The first kappa shape index (κ1) is 22.0. The Morgan fingerprint density at radius 1 is 1.06 bits per heavy atom. The molecule has 3 rings (SSSR count). The van der Waals surface area contributed by atoms with Crippen LogP contribution in [0.4, 0.5) is 10.1 Å². The molecule has 1 N–H and O–H groups in total. The van der Waals surface area contributed by atoms with Crippen LogP contribution in [0.2, 0.25) is 0 Å². The van der Waals surface area contributed by atoms with Gasteiger partial charge in [-0.1, -0.05) is 0 Å². The van der Waals surface area contributed by atoms with E-state index in [4.69, 9.17) is 9.47 Å².